The highest BCUT2D eigenvalue weighted by molar-refractivity contribution is 7.90. The van der Waals surface area contributed by atoms with Gasteiger partial charge in [-0.25, -0.2) is 8.42 Å². The van der Waals surface area contributed by atoms with E-state index in [0.29, 0.717) is 35.2 Å². The molecule has 0 radical (unpaired) electrons. The number of para-hydroxylation sites is 2. The lowest BCUT2D eigenvalue weighted by Crippen LogP contribution is -2.21. The fourth-order valence-corrected chi connectivity index (χ4v) is 4.56. The Hall–Kier alpha value is -3.39. The van der Waals surface area contributed by atoms with Crippen LogP contribution in [0.3, 0.4) is 0 Å². The van der Waals surface area contributed by atoms with Crippen LogP contribution in [0.5, 0.6) is 17.2 Å². The molecular weight excluding hydrogens is 440 g/mol. The average Bonchev–Trinajstić information content (AvgIpc) is 2.79. The quantitative estimate of drug-likeness (QED) is 0.419. The number of nitrogens with two attached hydrogens (primary N) is 1. The van der Waals surface area contributed by atoms with Gasteiger partial charge in [-0.15, -0.1) is 0 Å². The van der Waals surface area contributed by atoms with Gasteiger partial charge < -0.3 is 25.3 Å². The lowest BCUT2D eigenvalue weighted by Gasteiger charge is -2.23. The molecule has 3 aromatic rings. The SMILES string of the molecule is CCOc1cc([C@@H](CS(C)(=O)=O)Nc2cccc(-c3ccccc3OC)c2N)ccc1OC. The van der Waals surface area contributed by atoms with Gasteiger partial charge in [0.15, 0.2) is 11.5 Å². The summed E-state index contributed by atoms with van der Waals surface area (Å²) in [5.41, 5.74) is 10.1. The molecule has 33 heavy (non-hydrogen) atoms. The normalized spacial score (nSPS) is 12.1. The number of rotatable bonds is 10. The highest BCUT2D eigenvalue weighted by Gasteiger charge is 2.21. The average molecular weight is 471 g/mol. The predicted molar refractivity (Wildman–Crippen MR) is 133 cm³/mol. The molecule has 0 saturated heterocycles. The van der Waals surface area contributed by atoms with Crippen LogP contribution in [0.15, 0.2) is 60.7 Å². The molecule has 0 amide bonds. The van der Waals surface area contributed by atoms with Crippen LogP contribution in [0.2, 0.25) is 0 Å². The molecule has 1 atom stereocenters. The van der Waals surface area contributed by atoms with E-state index in [0.717, 1.165) is 16.7 Å². The Morgan fingerprint density at radius 3 is 2.27 bits per heavy atom. The summed E-state index contributed by atoms with van der Waals surface area (Å²) in [6.07, 6.45) is 1.21. The first-order chi connectivity index (χ1) is 15.8. The van der Waals surface area contributed by atoms with Crippen molar-refractivity contribution in [1.29, 1.82) is 0 Å². The monoisotopic (exact) mass is 470 g/mol. The molecule has 0 aliphatic carbocycles. The Morgan fingerprint density at radius 2 is 1.61 bits per heavy atom. The summed E-state index contributed by atoms with van der Waals surface area (Å²) in [5.74, 6) is 1.71. The molecule has 0 aliphatic rings. The summed E-state index contributed by atoms with van der Waals surface area (Å²) >= 11 is 0. The molecule has 0 spiro atoms. The molecule has 8 heteroatoms. The van der Waals surface area contributed by atoms with Crippen molar-refractivity contribution in [3.8, 4) is 28.4 Å². The Morgan fingerprint density at radius 1 is 0.909 bits per heavy atom. The first-order valence-electron chi connectivity index (χ1n) is 10.5. The van der Waals surface area contributed by atoms with Crippen molar-refractivity contribution >= 4 is 21.2 Å². The van der Waals surface area contributed by atoms with Crippen molar-refractivity contribution in [2.24, 2.45) is 0 Å². The molecule has 3 aromatic carbocycles. The van der Waals surface area contributed by atoms with Crippen LogP contribution in [0, 0.1) is 0 Å². The Kier molecular flexibility index (Phi) is 7.71. The molecule has 0 saturated carbocycles. The second-order valence-electron chi connectivity index (χ2n) is 7.60. The number of nitrogens with one attached hydrogen (secondary N) is 1. The third kappa shape index (κ3) is 5.90. The van der Waals surface area contributed by atoms with E-state index in [1.165, 1.54) is 6.26 Å². The van der Waals surface area contributed by atoms with Crippen molar-refractivity contribution in [3.63, 3.8) is 0 Å². The van der Waals surface area contributed by atoms with Crippen molar-refractivity contribution in [3.05, 3.63) is 66.2 Å². The number of sulfone groups is 1. The third-order valence-electron chi connectivity index (χ3n) is 5.19. The van der Waals surface area contributed by atoms with Gasteiger partial charge in [-0.1, -0.05) is 36.4 Å². The van der Waals surface area contributed by atoms with E-state index in [9.17, 15) is 8.42 Å². The molecule has 0 fully saturated rings. The number of hydrogen-bond acceptors (Lipinski definition) is 7. The van der Waals surface area contributed by atoms with Crippen LogP contribution in [-0.2, 0) is 9.84 Å². The van der Waals surface area contributed by atoms with E-state index < -0.39 is 15.9 Å². The largest absolute Gasteiger partial charge is 0.496 e. The first-order valence-corrected chi connectivity index (χ1v) is 12.6. The summed E-state index contributed by atoms with van der Waals surface area (Å²) in [6, 6.07) is 18.0. The highest BCUT2D eigenvalue weighted by atomic mass is 32.2. The number of hydrogen-bond donors (Lipinski definition) is 2. The molecule has 3 N–H and O–H groups in total. The van der Waals surface area contributed by atoms with Crippen LogP contribution in [0.1, 0.15) is 18.5 Å². The van der Waals surface area contributed by atoms with Gasteiger partial charge in [-0.2, -0.15) is 0 Å². The zero-order valence-electron chi connectivity index (χ0n) is 19.3. The van der Waals surface area contributed by atoms with Gasteiger partial charge in [0.2, 0.25) is 0 Å². The maximum Gasteiger partial charge on any atom is 0.161 e. The number of ether oxygens (including phenoxy) is 3. The summed E-state index contributed by atoms with van der Waals surface area (Å²) in [5, 5.41) is 3.33. The van der Waals surface area contributed by atoms with Gasteiger partial charge >= 0.3 is 0 Å². The molecule has 0 aromatic heterocycles. The van der Waals surface area contributed by atoms with E-state index in [4.69, 9.17) is 19.9 Å². The van der Waals surface area contributed by atoms with Crippen LogP contribution in [0.25, 0.3) is 11.1 Å². The van der Waals surface area contributed by atoms with Crippen LogP contribution < -0.4 is 25.3 Å². The van der Waals surface area contributed by atoms with Crippen molar-refractivity contribution in [1.82, 2.24) is 0 Å². The molecule has 176 valence electrons. The summed E-state index contributed by atoms with van der Waals surface area (Å²) in [6.45, 7) is 2.33. The fourth-order valence-electron chi connectivity index (χ4n) is 3.68. The van der Waals surface area contributed by atoms with Crippen LogP contribution in [-0.4, -0.2) is 41.3 Å². The molecule has 0 unspecified atom stereocenters. The standard InChI is InChI=1S/C25H30N2O5S/c1-5-32-24-15-17(13-14-23(24)31-3)21(16-33(4,28)29)27-20-11-8-10-19(25(20)26)18-9-6-7-12-22(18)30-2/h6-15,21,27H,5,16,26H2,1-4H3/t21-/m1/s1. The van der Waals surface area contributed by atoms with E-state index in [1.807, 2.05) is 55.5 Å². The fraction of sp³-hybridized carbons (Fsp3) is 0.280. The zero-order chi connectivity index (χ0) is 24.0. The Bertz CT molecular complexity index is 1210. The van der Waals surface area contributed by atoms with Gasteiger partial charge in [0.25, 0.3) is 0 Å². The summed E-state index contributed by atoms with van der Waals surface area (Å²) < 4.78 is 41.0. The molecule has 7 nitrogen and oxygen atoms in total. The predicted octanol–water partition coefficient (Wildman–Crippen LogP) is 4.55. The molecule has 0 bridgehead atoms. The minimum Gasteiger partial charge on any atom is -0.496 e. The van der Waals surface area contributed by atoms with E-state index in [-0.39, 0.29) is 5.75 Å². The van der Waals surface area contributed by atoms with Crippen molar-refractivity contribution < 1.29 is 22.6 Å². The minimum atomic E-state index is -3.31. The van der Waals surface area contributed by atoms with Gasteiger partial charge in [0.1, 0.15) is 15.6 Å². The maximum absolute atomic E-state index is 12.3. The van der Waals surface area contributed by atoms with Gasteiger partial charge in [0, 0.05) is 17.4 Å². The molecular formula is C25H30N2O5S. The second kappa shape index (κ2) is 10.5. The van der Waals surface area contributed by atoms with Gasteiger partial charge in [-0.3, -0.25) is 0 Å². The summed E-state index contributed by atoms with van der Waals surface area (Å²) in [7, 11) is -0.140. The second-order valence-corrected chi connectivity index (χ2v) is 9.78. The Balaban J connectivity index is 2.04. The smallest absolute Gasteiger partial charge is 0.161 e. The first kappa shape index (κ1) is 24.3. The molecule has 0 aliphatic heterocycles. The maximum atomic E-state index is 12.3. The number of methoxy groups -OCH3 is 2. The highest BCUT2D eigenvalue weighted by Crippen LogP contribution is 2.39. The number of nitrogen functional groups attached to an aromatic ring is 1. The lowest BCUT2D eigenvalue weighted by atomic mass is 10.0. The van der Waals surface area contributed by atoms with Gasteiger partial charge in [0.05, 0.1) is 44.0 Å². The van der Waals surface area contributed by atoms with Crippen molar-refractivity contribution in [2.45, 2.75) is 13.0 Å². The number of anilines is 2. The van der Waals surface area contributed by atoms with Gasteiger partial charge in [-0.05, 0) is 36.8 Å². The number of benzene rings is 3. The topological polar surface area (TPSA) is 99.9 Å². The van der Waals surface area contributed by atoms with E-state index >= 15 is 0 Å². The van der Waals surface area contributed by atoms with Crippen LogP contribution >= 0.6 is 0 Å². The minimum absolute atomic E-state index is 0.122. The van der Waals surface area contributed by atoms with Crippen LogP contribution in [0.4, 0.5) is 11.4 Å². The molecule has 3 rings (SSSR count). The van der Waals surface area contributed by atoms with Crippen molar-refractivity contribution in [2.75, 3.05) is 43.9 Å². The molecule has 0 heterocycles. The summed E-state index contributed by atoms with van der Waals surface area (Å²) in [4.78, 5) is 0. The van der Waals surface area contributed by atoms with E-state index in [1.54, 1.807) is 26.4 Å². The van der Waals surface area contributed by atoms with E-state index in [2.05, 4.69) is 5.32 Å². The Labute approximate surface area is 195 Å². The zero-order valence-corrected chi connectivity index (χ0v) is 20.1. The lowest BCUT2D eigenvalue weighted by molar-refractivity contribution is 0.310. The third-order valence-corrected chi connectivity index (χ3v) is 6.13.